The second-order valence-corrected chi connectivity index (χ2v) is 6.89. The first-order valence-electron chi connectivity index (χ1n) is 8.57. The monoisotopic (exact) mass is 310 g/mol. The molecule has 1 aliphatic carbocycles. The second kappa shape index (κ2) is 6.32. The molecule has 3 heteroatoms. The van der Waals surface area contributed by atoms with Crippen LogP contribution in [0.1, 0.15) is 61.4 Å². The summed E-state index contributed by atoms with van der Waals surface area (Å²) < 4.78 is 2.02. The maximum atomic E-state index is 13.1. The van der Waals surface area contributed by atoms with Crippen LogP contribution in [-0.2, 0) is 0 Å². The van der Waals surface area contributed by atoms with Crippen molar-refractivity contribution in [1.29, 1.82) is 0 Å². The molecule has 0 aliphatic heterocycles. The standard InChI is InChI=1S/C20H26N2O/c1-13-8-9-14(2)18(12-13)19-11-10-17(15(3)21)20(23)22(19)16-6-4-5-7-16/h8-12,15-16H,4-7,21H2,1-3H3. The Kier molecular flexibility index (Phi) is 4.40. The molecule has 1 unspecified atom stereocenters. The van der Waals surface area contributed by atoms with Crippen LogP contribution in [-0.4, -0.2) is 4.57 Å². The van der Waals surface area contributed by atoms with E-state index in [0.29, 0.717) is 11.6 Å². The molecule has 1 aromatic carbocycles. The Morgan fingerprint density at radius 3 is 2.48 bits per heavy atom. The van der Waals surface area contributed by atoms with Gasteiger partial charge in [0, 0.05) is 23.2 Å². The van der Waals surface area contributed by atoms with E-state index in [9.17, 15) is 4.79 Å². The van der Waals surface area contributed by atoms with Gasteiger partial charge in [0.05, 0.1) is 5.69 Å². The summed E-state index contributed by atoms with van der Waals surface area (Å²) >= 11 is 0. The molecule has 1 saturated carbocycles. The van der Waals surface area contributed by atoms with Gasteiger partial charge in [-0.05, 0) is 57.4 Å². The number of hydrogen-bond donors (Lipinski definition) is 1. The highest BCUT2D eigenvalue weighted by Crippen LogP contribution is 2.34. The fraction of sp³-hybridized carbons (Fsp3) is 0.450. The van der Waals surface area contributed by atoms with Crippen LogP contribution in [0.2, 0.25) is 0 Å². The van der Waals surface area contributed by atoms with E-state index in [1.807, 2.05) is 17.6 Å². The van der Waals surface area contributed by atoms with Gasteiger partial charge in [-0.15, -0.1) is 0 Å². The molecule has 0 saturated heterocycles. The minimum absolute atomic E-state index is 0.0882. The predicted octanol–water partition coefficient (Wildman–Crippen LogP) is 4.27. The number of nitrogens with zero attached hydrogens (tertiary/aromatic N) is 1. The zero-order valence-electron chi connectivity index (χ0n) is 14.3. The lowest BCUT2D eigenvalue weighted by Gasteiger charge is -2.22. The molecule has 1 aliphatic rings. The SMILES string of the molecule is Cc1ccc(C)c(-c2ccc(C(C)N)c(=O)n2C2CCCC2)c1. The Hall–Kier alpha value is -1.87. The molecule has 3 rings (SSSR count). The van der Waals surface area contributed by atoms with E-state index in [2.05, 4.69) is 38.1 Å². The Bertz CT molecular complexity index is 768. The van der Waals surface area contributed by atoms with Gasteiger partial charge in [-0.25, -0.2) is 0 Å². The van der Waals surface area contributed by atoms with Crippen LogP contribution in [0, 0.1) is 13.8 Å². The molecule has 3 nitrogen and oxygen atoms in total. The lowest BCUT2D eigenvalue weighted by atomic mass is 9.99. The Morgan fingerprint density at radius 1 is 1.13 bits per heavy atom. The first-order valence-corrected chi connectivity index (χ1v) is 8.57. The molecule has 0 spiro atoms. The highest BCUT2D eigenvalue weighted by atomic mass is 16.1. The summed E-state index contributed by atoms with van der Waals surface area (Å²) in [6.45, 7) is 6.09. The fourth-order valence-corrected chi connectivity index (χ4v) is 3.67. The summed E-state index contributed by atoms with van der Waals surface area (Å²) in [4.78, 5) is 13.1. The van der Waals surface area contributed by atoms with E-state index in [1.54, 1.807) is 0 Å². The molecule has 2 N–H and O–H groups in total. The molecular formula is C20H26N2O. The third-order valence-electron chi connectivity index (χ3n) is 5.00. The largest absolute Gasteiger partial charge is 0.324 e. The zero-order valence-corrected chi connectivity index (χ0v) is 14.3. The van der Waals surface area contributed by atoms with Gasteiger partial charge in [0.25, 0.3) is 5.56 Å². The molecule has 2 aromatic rings. The maximum Gasteiger partial charge on any atom is 0.256 e. The molecule has 1 aromatic heterocycles. The summed E-state index contributed by atoms with van der Waals surface area (Å²) in [5.74, 6) is 0. The van der Waals surface area contributed by atoms with Gasteiger partial charge in [0.2, 0.25) is 0 Å². The second-order valence-electron chi connectivity index (χ2n) is 6.89. The van der Waals surface area contributed by atoms with Gasteiger partial charge >= 0.3 is 0 Å². The number of pyridine rings is 1. The van der Waals surface area contributed by atoms with Crippen molar-refractivity contribution >= 4 is 0 Å². The summed E-state index contributed by atoms with van der Waals surface area (Å²) in [6, 6.07) is 10.5. The molecule has 1 atom stereocenters. The van der Waals surface area contributed by atoms with Crippen molar-refractivity contribution in [3.63, 3.8) is 0 Å². The number of hydrogen-bond acceptors (Lipinski definition) is 2. The summed E-state index contributed by atoms with van der Waals surface area (Å²) in [5, 5.41) is 0. The third kappa shape index (κ3) is 2.98. The van der Waals surface area contributed by atoms with E-state index >= 15 is 0 Å². The summed E-state index contributed by atoms with van der Waals surface area (Å²) in [5.41, 5.74) is 11.4. The van der Waals surface area contributed by atoms with Crippen LogP contribution in [0.5, 0.6) is 0 Å². The average Bonchev–Trinajstić information content (AvgIpc) is 3.03. The Balaban J connectivity index is 2.26. The van der Waals surface area contributed by atoms with Crippen molar-refractivity contribution in [3.8, 4) is 11.3 Å². The first kappa shape index (κ1) is 16.0. The molecular weight excluding hydrogens is 284 g/mol. The molecule has 1 heterocycles. The highest BCUT2D eigenvalue weighted by Gasteiger charge is 2.23. The molecule has 0 bridgehead atoms. The smallest absolute Gasteiger partial charge is 0.256 e. The van der Waals surface area contributed by atoms with Gasteiger partial charge in [-0.3, -0.25) is 4.79 Å². The van der Waals surface area contributed by atoms with Crippen LogP contribution in [0.15, 0.2) is 35.1 Å². The quantitative estimate of drug-likeness (QED) is 0.920. The third-order valence-corrected chi connectivity index (χ3v) is 5.00. The fourth-order valence-electron chi connectivity index (χ4n) is 3.67. The van der Waals surface area contributed by atoms with E-state index in [0.717, 1.165) is 24.1 Å². The van der Waals surface area contributed by atoms with E-state index < -0.39 is 0 Å². The van der Waals surface area contributed by atoms with Gasteiger partial charge in [-0.2, -0.15) is 0 Å². The van der Waals surface area contributed by atoms with Crippen molar-refractivity contribution in [1.82, 2.24) is 4.57 Å². The van der Waals surface area contributed by atoms with E-state index in [4.69, 9.17) is 5.73 Å². The van der Waals surface area contributed by atoms with Crippen molar-refractivity contribution in [2.45, 2.75) is 58.5 Å². The number of aromatic nitrogens is 1. The topological polar surface area (TPSA) is 48.0 Å². The summed E-state index contributed by atoms with van der Waals surface area (Å²) in [7, 11) is 0. The van der Waals surface area contributed by atoms with Crippen LogP contribution in [0.4, 0.5) is 0 Å². The van der Waals surface area contributed by atoms with Crippen molar-refractivity contribution in [2.24, 2.45) is 5.73 Å². The summed E-state index contributed by atoms with van der Waals surface area (Å²) in [6.07, 6.45) is 4.57. The zero-order chi connectivity index (χ0) is 16.6. The number of rotatable bonds is 3. The lowest BCUT2D eigenvalue weighted by Crippen LogP contribution is -2.30. The lowest BCUT2D eigenvalue weighted by molar-refractivity contribution is 0.502. The maximum absolute atomic E-state index is 13.1. The minimum Gasteiger partial charge on any atom is -0.324 e. The van der Waals surface area contributed by atoms with Crippen molar-refractivity contribution < 1.29 is 0 Å². The van der Waals surface area contributed by atoms with E-state index in [-0.39, 0.29) is 11.6 Å². The van der Waals surface area contributed by atoms with E-state index in [1.165, 1.54) is 24.0 Å². The molecule has 23 heavy (non-hydrogen) atoms. The van der Waals surface area contributed by atoms with Crippen molar-refractivity contribution in [2.75, 3.05) is 0 Å². The van der Waals surface area contributed by atoms with Crippen LogP contribution >= 0.6 is 0 Å². The number of aryl methyl sites for hydroxylation is 2. The normalized spacial score (nSPS) is 16.7. The van der Waals surface area contributed by atoms with Gasteiger partial charge in [-0.1, -0.05) is 30.5 Å². The minimum atomic E-state index is -0.234. The van der Waals surface area contributed by atoms with Crippen LogP contribution in [0.25, 0.3) is 11.3 Å². The number of benzene rings is 1. The molecule has 0 amide bonds. The van der Waals surface area contributed by atoms with Crippen LogP contribution < -0.4 is 11.3 Å². The Labute approximate surface area is 138 Å². The van der Waals surface area contributed by atoms with Gasteiger partial charge in [0.1, 0.15) is 0 Å². The molecule has 1 fully saturated rings. The highest BCUT2D eigenvalue weighted by molar-refractivity contribution is 5.65. The molecule has 122 valence electrons. The predicted molar refractivity (Wildman–Crippen MR) is 95.7 cm³/mol. The van der Waals surface area contributed by atoms with Gasteiger partial charge < -0.3 is 10.3 Å². The van der Waals surface area contributed by atoms with Crippen molar-refractivity contribution in [3.05, 3.63) is 57.4 Å². The first-order chi connectivity index (χ1) is 11.0. The Morgan fingerprint density at radius 2 is 1.83 bits per heavy atom. The molecule has 0 radical (unpaired) electrons. The number of nitrogens with two attached hydrogens (primary N) is 1. The van der Waals surface area contributed by atoms with Gasteiger partial charge in [0.15, 0.2) is 0 Å². The average molecular weight is 310 g/mol. The van der Waals surface area contributed by atoms with Crippen LogP contribution in [0.3, 0.4) is 0 Å².